The monoisotopic (exact) mass is 241 g/mol. The molecule has 4 heteroatoms. The fourth-order valence-electron chi connectivity index (χ4n) is 2.49. The maximum Gasteiger partial charge on any atom is 0.308 e. The van der Waals surface area contributed by atoms with Gasteiger partial charge in [0.25, 0.3) is 0 Å². The Labute approximate surface area is 103 Å². The molecular formula is C13H23NO3. The molecule has 0 saturated carbocycles. The first kappa shape index (κ1) is 14.0. The van der Waals surface area contributed by atoms with E-state index in [1.165, 1.54) is 0 Å². The average Bonchev–Trinajstić information content (AvgIpc) is 2.30. The predicted molar refractivity (Wildman–Crippen MR) is 65.6 cm³/mol. The summed E-state index contributed by atoms with van der Waals surface area (Å²) in [5.74, 6) is -0.984. The molecule has 0 aromatic heterocycles. The van der Waals surface area contributed by atoms with Gasteiger partial charge in [-0.1, -0.05) is 13.8 Å². The molecule has 0 bridgehead atoms. The number of amides is 1. The van der Waals surface area contributed by atoms with Gasteiger partial charge in [0.15, 0.2) is 0 Å². The summed E-state index contributed by atoms with van der Waals surface area (Å²) in [5.41, 5.74) is 0. The fourth-order valence-corrected chi connectivity index (χ4v) is 2.49. The van der Waals surface area contributed by atoms with Crippen LogP contribution in [0.4, 0.5) is 0 Å². The van der Waals surface area contributed by atoms with Crippen molar-refractivity contribution in [3.63, 3.8) is 0 Å². The van der Waals surface area contributed by atoms with E-state index in [1.807, 2.05) is 20.8 Å². The molecule has 4 nitrogen and oxygen atoms in total. The molecule has 1 N–H and O–H groups in total. The summed E-state index contributed by atoms with van der Waals surface area (Å²) in [6.07, 6.45) is 3.14. The van der Waals surface area contributed by atoms with E-state index in [2.05, 4.69) is 0 Å². The first-order chi connectivity index (χ1) is 8.01. The van der Waals surface area contributed by atoms with Crippen LogP contribution in [0.15, 0.2) is 0 Å². The fraction of sp³-hybridized carbons (Fsp3) is 0.846. The van der Waals surface area contributed by atoms with Crippen LogP contribution in [0, 0.1) is 11.8 Å². The van der Waals surface area contributed by atoms with Gasteiger partial charge >= 0.3 is 5.97 Å². The van der Waals surface area contributed by atoms with Gasteiger partial charge in [-0.3, -0.25) is 9.59 Å². The summed E-state index contributed by atoms with van der Waals surface area (Å²) in [6.45, 7) is 6.41. The standard InChI is InChI=1S/C13H23NO3/c1-4-10(5-2)12(15)14-8-11(13(16)17)7-6-9(14)3/h9-11H,4-8H2,1-3H3,(H,16,17). The third kappa shape index (κ3) is 3.20. The third-order valence-corrected chi connectivity index (χ3v) is 3.85. The molecule has 1 fully saturated rings. The minimum atomic E-state index is -0.778. The Bertz CT molecular complexity index is 286. The van der Waals surface area contributed by atoms with Crippen molar-refractivity contribution in [2.75, 3.05) is 6.54 Å². The van der Waals surface area contributed by atoms with Crippen molar-refractivity contribution in [1.82, 2.24) is 4.90 Å². The zero-order valence-corrected chi connectivity index (χ0v) is 11.0. The number of carboxylic acid groups (broad SMARTS) is 1. The quantitative estimate of drug-likeness (QED) is 0.820. The average molecular weight is 241 g/mol. The lowest BCUT2D eigenvalue weighted by molar-refractivity contribution is -0.148. The summed E-state index contributed by atoms with van der Waals surface area (Å²) in [5, 5.41) is 9.04. The number of carboxylic acids is 1. The topological polar surface area (TPSA) is 57.6 Å². The number of nitrogens with zero attached hydrogens (tertiary/aromatic N) is 1. The lowest BCUT2D eigenvalue weighted by Crippen LogP contribution is -2.49. The van der Waals surface area contributed by atoms with E-state index >= 15 is 0 Å². The third-order valence-electron chi connectivity index (χ3n) is 3.85. The van der Waals surface area contributed by atoms with E-state index in [-0.39, 0.29) is 23.8 Å². The van der Waals surface area contributed by atoms with E-state index in [4.69, 9.17) is 5.11 Å². The molecule has 0 aliphatic carbocycles. The van der Waals surface area contributed by atoms with Gasteiger partial charge in [-0.05, 0) is 32.6 Å². The van der Waals surface area contributed by atoms with Gasteiger partial charge in [-0.15, -0.1) is 0 Å². The van der Waals surface area contributed by atoms with Crippen molar-refractivity contribution in [1.29, 1.82) is 0 Å². The second-order valence-corrected chi connectivity index (χ2v) is 4.97. The van der Waals surface area contributed by atoms with Crippen LogP contribution in [0.25, 0.3) is 0 Å². The Morgan fingerprint density at radius 1 is 1.29 bits per heavy atom. The Balaban J connectivity index is 2.72. The van der Waals surface area contributed by atoms with Crippen LogP contribution in [0.1, 0.15) is 46.5 Å². The van der Waals surface area contributed by atoms with Crippen molar-refractivity contribution >= 4 is 11.9 Å². The van der Waals surface area contributed by atoms with Gasteiger partial charge in [0.2, 0.25) is 5.91 Å². The van der Waals surface area contributed by atoms with E-state index in [9.17, 15) is 9.59 Å². The zero-order valence-electron chi connectivity index (χ0n) is 11.0. The highest BCUT2D eigenvalue weighted by molar-refractivity contribution is 5.80. The molecule has 1 aliphatic rings. The minimum absolute atomic E-state index is 0.0463. The smallest absolute Gasteiger partial charge is 0.308 e. The van der Waals surface area contributed by atoms with E-state index in [1.54, 1.807) is 4.90 Å². The molecule has 1 aliphatic heterocycles. The number of hydrogen-bond donors (Lipinski definition) is 1. The molecule has 1 saturated heterocycles. The van der Waals surface area contributed by atoms with Gasteiger partial charge in [-0.25, -0.2) is 0 Å². The van der Waals surface area contributed by atoms with Crippen molar-refractivity contribution in [2.24, 2.45) is 11.8 Å². The normalized spacial score (nSPS) is 25.1. The Hall–Kier alpha value is -1.06. The first-order valence-corrected chi connectivity index (χ1v) is 6.54. The maximum absolute atomic E-state index is 12.3. The molecule has 1 heterocycles. The minimum Gasteiger partial charge on any atom is -0.481 e. The Morgan fingerprint density at radius 2 is 1.88 bits per heavy atom. The van der Waals surface area contributed by atoms with Gasteiger partial charge in [0.1, 0.15) is 0 Å². The van der Waals surface area contributed by atoms with Gasteiger partial charge in [0.05, 0.1) is 5.92 Å². The number of likely N-dealkylation sites (tertiary alicyclic amines) is 1. The van der Waals surface area contributed by atoms with Gasteiger partial charge in [0, 0.05) is 18.5 Å². The van der Waals surface area contributed by atoms with Crippen LogP contribution in [0.3, 0.4) is 0 Å². The van der Waals surface area contributed by atoms with Crippen molar-refractivity contribution in [3.8, 4) is 0 Å². The summed E-state index contributed by atoms with van der Waals surface area (Å²) < 4.78 is 0. The summed E-state index contributed by atoms with van der Waals surface area (Å²) >= 11 is 0. The second kappa shape index (κ2) is 6.03. The molecule has 2 atom stereocenters. The van der Waals surface area contributed by atoms with Crippen LogP contribution in [0.2, 0.25) is 0 Å². The van der Waals surface area contributed by atoms with Crippen molar-refractivity contribution in [3.05, 3.63) is 0 Å². The molecule has 0 aromatic rings. The highest BCUT2D eigenvalue weighted by Crippen LogP contribution is 2.25. The Kier molecular flexibility index (Phi) is 4.97. The maximum atomic E-state index is 12.3. The summed E-state index contributed by atoms with van der Waals surface area (Å²) in [6, 6.07) is 0.179. The summed E-state index contributed by atoms with van der Waals surface area (Å²) in [4.78, 5) is 25.0. The van der Waals surface area contributed by atoms with Crippen LogP contribution >= 0.6 is 0 Å². The molecule has 0 aromatic carbocycles. The number of carbonyl (C=O) groups excluding carboxylic acids is 1. The molecule has 2 unspecified atom stereocenters. The lowest BCUT2D eigenvalue weighted by atomic mass is 9.91. The van der Waals surface area contributed by atoms with Crippen LogP contribution < -0.4 is 0 Å². The SMILES string of the molecule is CCC(CC)C(=O)N1CC(C(=O)O)CCC1C. The highest BCUT2D eigenvalue weighted by atomic mass is 16.4. The van der Waals surface area contributed by atoms with Crippen LogP contribution in [-0.4, -0.2) is 34.5 Å². The molecule has 17 heavy (non-hydrogen) atoms. The van der Waals surface area contributed by atoms with Crippen LogP contribution in [-0.2, 0) is 9.59 Å². The van der Waals surface area contributed by atoms with Crippen molar-refractivity contribution < 1.29 is 14.7 Å². The molecule has 1 rings (SSSR count). The molecule has 0 radical (unpaired) electrons. The van der Waals surface area contributed by atoms with E-state index in [0.29, 0.717) is 13.0 Å². The van der Waals surface area contributed by atoms with Crippen molar-refractivity contribution in [2.45, 2.75) is 52.5 Å². The number of rotatable bonds is 4. The molecular weight excluding hydrogens is 218 g/mol. The number of carbonyl (C=O) groups is 2. The number of aliphatic carboxylic acids is 1. The van der Waals surface area contributed by atoms with Crippen LogP contribution in [0.5, 0.6) is 0 Å². The predicted octanol–water partition coefficient (Wildman–Crippen LogP) is 2.13. The first-order valence-electron chi connectivity index (χ1n) is 6.54. The molecule has 1 amide bonds. The van der Waals surface area contributed by atoms with Gasteiger partial charge in [-0.2, -0.15) is 0 Å². The number of hydrogen-bond acceptors (Lipinski definition) is 2. The lowest BCUT2D eigenvalue weighted by Gasteiger charge is -2.38. The van der Waals surface area contributed by atoms with Gasteiger partial charge < -0.3 is 10.0 Å². The molecule has 0 spiro atoms. The number of piperidine rings is 1. The van der Waals surface area contributed by atoms with E-state index < -0.39 is 5.97 Å². The zero-order chi connectivity index (χ0) is 13.0. The summed E-state index contributed by atoms with van der Waals surface area (Å²) in [7, 11) is 0. The largest absolute Gasteiger partial charge is 0.481 e. The highest BCUT2D eigenvalue weighted by Gasteiger charge is 2.34. The Morgan fingerprint density at radius 3 is 2.35 bits per heavy atom. The second-order valence-electron chi connectivity index (χ2n) is 4.97. The molecule has 98 valence electrons. The van der Waals surface area contributed by atoms with E-state index in [0.717, 1.165) is 19.3 Å².